The summed E-state index contributed by atoms with van der Waals surface area (Å²) in [6.45, 7) is 6.02. The minimum absolute atomic E-state index is 0.0927. The quantitative estimate of drug-likeness (QED) is 0.206. The Morgan fingerprint density at radius 2 is 1.68 bits per heavy atom. The number of hydrogen-bond donors (Lipinski definition) is 4. The summed E-state index contributed by atoms with van der Waals surface area (Å²) in [5, 5.41) is 4.13. The van der Waals surface area contributed by atoms with Gasteiger partial charge in [-0.3, -0.25) is 5.73 Å². The summed E-state index contributed by atoms with van der Waals surface area (Å²) in [7, 11) is 3.01. The van der Waals surface area contributed by atoms with Crippen LogP contribution in [0.3, 0.4) is 0 Å². The second-order valence-electron chi connectivity index (χ2n) is 9.23. The van der Waals surface area contributed by atoms with Gasteiger partial charge in [-0.15, -0.1) is 0 Å². The fourth-order valence-corrected chi connectivity index (χ4v) is 5.32. The second-order valence-corrected chi connectivity index (χ2v) is 9.99. The molecule has 2 aromatic carbocycles. The van der Waals surface area contributed by atoms with Crippen molar-refractivity contribution in [1.29, 1.82) is 0 Å². The van der Waals surface area contributed by atoms with E-state index in [9.17, 15) is 4.79 Å². The number of nitrogens with one attached hydrogen (secondary N) is 2. The molecule has 1 aliphatic rings. The number of nitrogens with zero attached hydrogens (tertiary/aromatic N) is 2. The molecule has 38 heavy (non-hydrogen) atoms. The first-order chi connectivity index (χ1) is 18.1. The Kier molecular flexibility index (Phi) is 8.30. The lowest BCUT2D eigenvalue weighted by atomic mass is 10.0. The van der Waals surface area contributed by atoms with Crippen molar-refractivity contribution < 1.29 is 19.3 Å². The number of pyridine rings is 1. The van der Waals surface area contributed by atoms with Crippen LogP contribution in [0.5, 0.6) is 11.5 Å². The van der Waals surface area contributed by atoms with Crippen molar-refractivity contribution in [3.8, 4) is 22.6 Å². The number of aromatic nitrogens is 1. The minimum Gasteiger partial charge on any atom is -0.495 e. The Morgan fingerprint density at radius 1 is 1.05 bits per heavy atom. The van der Waals surface area contributed by atoms with Crippen LogP contribution in [-0.2, 0) is 0 Å². The number of rotatable bonds is 6. The predicted octanol–water partition coefficient (Wildman–Crippen LogP) is 2.47. The Bertz CT molecular complexity index is 1340. The number of piperazine rings is 1. The molecule has 9 nitrogen and oxygen atoms in total. The van der Waals surface area contributed by atoms with E-state index in [4.69, 9.17) is 44.1 Å². The maximum absolute atomic E-state index is 12.8. The van der Waals surface area contributed by atoms with Crippen LogP contribution in [0.1, 0.15) is 29.9 Å². The van der Waals surface area contributed by atoms with Crippen molar-refractivity contribution in [2.24, 2.45) is 5.73 Å². The molecular formula is C27H31Cl2N6O3+. The lowest BCUT2D eigenvalue weighted by molar-refractivity contribution is -0.345. The van der Waals surface area contributed by atoms with Crippen molar-refractivity contribution >= 4 is 46.3 Å². The lowest BCUT2D eigenvalue weighted by Gasteiger charge is -2.37. The Morgan fingerprint density at radius 3 is 2.21 bits per heavy atom. The molecule has 0 unspecified atom stereocenters. The highest BCUT2D eigenvalue weighted by molar-refractivity contribution is 6.41. The van der Waals surface area contributed by atoms with Crippen LogP contribution >= 0.6 is 23.2 Å². The molecule has 1 aliphatic heterocycles. The summed E-state index contributed by atoms with van der Waals surface area (Å²) < 4.78 is 10.7. The fraction of sp³-hybridized carbons (Fsp3) is 0.296. The highest BCUT2D eigenvalue weighted by Crippen LogP contribution is 2.46. The van der Waals surface area contributed by atoms with E-state index in [0.29, 0.717) is 56.0 Å². The van der Waals surface area contributed by atoms with Gasteiger partial charge in [0.05, 0.1) is 41.7 Å². The smallest absolute Gasteiger partial charge is 0.357 e. The fourth-order valence-electron chi connectivity index (χ4n) is 4.60. The number of amidine groups is 1. The molecule has 11 heteroatoms. The van der Waals surface area contributed by atoms with E-state index < -0.39 is 5.91 Å². The van der Waals surface area contributed by atoms with Gasteiger partial charge in [0.1, 0.15) is 11.5 Å². The number of benzene rings is 2. The second kappa shape index (κ2) is 11.5. The molecule has 0 saturated carbocycles. The van der Waals surface area contributed by atoms with Crippen molar-refractivity contribution in [3.63, 3.8) is 0 Å². The molecule has 4 rings (SSSR count). The summed E-state index contributed by atoms with van der Waals surface area (Å²) in [6, 6.07) is 11.0. The zero-order chi connectivity index (χ0) is 27.6. The van der Waals surface area contributed by atoms with Gasteiger partial charge < -0.3 is 25.4 Å². The van der Waals surface area contributed by atoms with Crippen LogP contribution in [0, 0.1) is 0 Å². The number of anilines is 2. The van der Waals surface area contributed by atoms with Gasteiger partial charge in [-0.05, 0) is 43.7 Å². The average molecular weight is 558 g/mol. The van der Waals surface area contributed by atoms with Crippen LogP contribution in [0.15, 0.2) is 42.6 Å². The number of hydrogen-bond acceptors (Lipinski definition) is 7. The number of carbonyl (C=O) groups is 1. The van der Waals surface area contributed by atoms with Crippen molar-refractivity contribution in [1.82, 2.24) is 10.3 Å². The molecule has 0 radical (unpaired) electrons. The Labute approximate surface area is 231 Å². The summed E-state index contributed by atoms with van der Waals surface area (Å²) in [4.78, 5) is 22.1. The SMILES string of the molecule is COc1cc(OC)c(Cl)c(-c2ccc(C(N)=[NH+]C(=O)c3ccc(N4C[C@@H](C)N[C@@H](C)C4)cn3)c(N)c2)c1Cl. The van der Waals surface area contributed by atoms with Gasteiger partial charge in [0, 0.05) is 42.5 Å². The van der Waals surface area contributed by atoms with E-state index in [1.807, 2.05) is 6.07 Å². The standard InChI is InChI=1S/C27H30Cl2N6O3/c1-14-12-35(13-15(2)33-14)17-6-8-20(32-11-17)27(36)34-26(31)18-7-5-16(9-19(18)30)23-24(28)21(37-3)10-22(38-4)25(23)29/h5-11,14-15,33H,12-13,30H2,1-4H3,(H2,31,34,36)/p+1/t14-,15+. The van der Waals surface area contributed by atoms with Crippen molar-refractivity contribution in [3.05, 3.63) is 63.9 Å². The van der Waals surface area contributed by atoms with E-state index in [1.165, 1.54) is 14.2 Å². The number of methoxy groups -OCH3 is 2. The zero-order valence-corrected chi connectivity index (χ0v) is 23.2. The van der Waals surface area contributed by atoms with Gasteiger partial charge >= 0.3 is 5.91 Å². The summed E-state index contributed by atoms with van der Waals surface area (Å²) in [6.07, 6.45) is 1.70. The third-order valence-electron chi connectivity index (χ3n) is 6.36. The van der Waals surface area contributed by atoms with E-state index in [1.54, 1.807) is 36.5 Å². The van der Waals surface area contributed by atoms with E-state index in [-0.39, 0.29) is 11.5 Å². The van der Waals surface area contributed by atoms with E-state index >= 15 is 0 Å². The van der Waals surface area contributed by atoms with Crippen LogP contribution < -0.4 is 36.2 Å². The highest BCUT2D eigenvalue weighted by Gasteiger charge is 2.23. The largest absolute Gasteiger partial charge is 0.495 e. The normalized spacial score (nSPS) is 17.8. The molecule has 1 saturated heterocycles. The minimum atomic E-state index is -0.441. The van der Waals surface area contributed by atoms with E-state index in [0.717, 1.165) is 18.8 Å². The van der Waals surface area contributed by atoms with E-state index in [2.05, 4.69) is 34.0 Å². The predicted molar refractivity (Wildman–Crippen MR) is 152 cm³/mol. The van der Waals surface area contributed by atoms with Gasteiger partial charge in [0.2, 0.25) is 0 Å². The molecule has 0 bridgehead atoms. The number of halogens is 2. The van der Waals surface area contributed by atoms with Gasteiger partial charge in [0.15, 0.2) is 5.69 Å². The molecular weight excluding hydrogens is 527 g/mol. The topological polar surface area (TPSA) is 130 Å². The molecule has 1 aromatic heterocycles. The molecule has 2 atom stereocenters. The van der Waals surface area contributed by atoms with Gasteiger partial charge in [-0.2, -0.15) is 0 Å². The molecule has 3 aromatic rings. The lowest BCUT2D eigenvalue weighted by Crippen LogP contribution is -2.79. The monoisotopic (exact) mass is 557 g/mol. The van der Waals surface area contributed by atoms with Crippen LogP contribution in [0.2, 0.25) is 10.0 Å². The molecule has 6 N–H and O–H groups in total. The highest BCUT2D eigenvalue weighted by atomic mass is 35.5. The number of nitrogens with two attached hydrogens (primary N) is 2. The maximum Gasteiger partial charge on any atom is 0.357 e. The third-order valence-corrected chi connectivity index (χ3v) is 7.11. The molecule has 0 aliphatic carbocycles. The van der Waals surface area contributed by atoms with Gasteiger partial charge in [-0.1, -0.05) is 29.3 Å². The van der Waals surface area contributed by atoms with Gasteiger partial charge in [-0.25, -0.2) is 14.8 Å². The molecule has 1 fully saturated rings. The number of ether oxygens (including phenoxy) is 2. The molecule has 2 heterocycles. The maximum atomic E-state index is 12.8. The van der Waals surface area contributed by atoms with Gasteiger partial charge in [0.25, 0.3) is 5.84 Å². The summed E-state index contributed by atoms with van der Waals surface area (Å²) in [5.41, 5.74) is 15.6. The first-order valence-electron chi connectivity index (χ1n) is 12.0. The average Bonchev–Trinajstić information content (AvgIpc) is 2.88. The number of nitrogen functional groups attached to an aromatic ring is 2. The molecule has 200 valence electrons. The first kappa shape index (κ1) is 27.5. The van der Waals surface area contributed by atoms with Crippen LogP contribution in [0.4, 0.5) is 11.4 Å². The summed E-state index contributed by atoms with van der Waals surface area (Å²) in [5.74, 6) is 0.463. The number of amides is 1. The molecule has 1 amide bonds. The zero-order valence-electron chi connectivity index (χ0n) is 21.6. The summed E-state index contributed by atoms with van der Waals surface area (Å²) >= 11 is 13.1. The Balaban J connectivity index is 1.57. The third kappa shape index (κ3) is 5.65. The number of carbonyl (C=O) groups excluding carboxylic acids is 1. The van der Waals surface area contributed by atoms with Crippen LogP contribution in [0.25, 0.3) is 11.1 Å². The van der Waals surface area contributed by atoms with Crippen molar-refractivity contribution in [2.45, 2.75) is 25.9 Å². The Hall–Kier alpha value is -3.53. The van der Waals surface area contributed by atoms with Crippen molar-refractivity contribution in [2.75, 3.05) is 37.9 Å². The molecule has 0 spiro atoms. The van der Waals surface area contributed by atoms with Crippen LogP contribution in [-0.4, -0.2) is 56.1 Å². The first-order valence-corrected chi connectivity index (χ1v) is 12.8.